The Morgan fingerprint density at radius 3 is 2.50 bits per heavy atom. The lowest BCUT2D eigenvalue weighted by Crippen LogP contribution is -2.15. The van der Waals surface area contributed by atoms with Crippen LogP contribution in [0, 0.1) is 0 Å². The number of halogens is 1. The molecule has 0 aliphatic carbocycles. The molecule has 0 aliphatic heterocycles. The van der Waals surface area contributed by atoms with Gasteiger partial charge in [0.15, 0.2) is 0 Å². The second-order valence-corrected chi connectivity index (χ2v) is 5.17. The first kappa shape index (κ1) is 13.3. The summed E-state index contributed by atoms with van der Waals surface area (Å²) in [5.74, 6) is 0.279. The largest absolute Gasteiger partial charge is 0.507 e. The maximum Gasteiger partial charge on any atom is 0.123 e. The highest BCUT2D eigenvalue weighted by Crippen LogP contribution is 2.35. The zero-order chi connectivity index (χ0) is 12.3. The van der Waals surface area contributed by atoms with Crippen LogP contribution in [-0.4, -0.2) is 12.2 Å². The van der Waals surface area contributed by atoms with Gasteiger partial charge in [0.05, 0.1) is 7.11 Å². The van der Waals surface area contributed by atoms with Gasteiger partial charge in [-0.25, -0.2) is 0 Å². The van der Waals surface area contributed by atoms with Crippen molar-refractivity contribution in [2.75, 3.05) is 7.11 Å². The fourth-order valence-electron chi connectivity index (χ4n) is 1.51. The summed E-state index contributed by atoms with van der Waals surface area (Å²) in [5.41, 5.74) is 4.13. The average molecular weight is 244 g/mol. The molecule has 0 radical (unpaired) electrons. The van der Waals surface area contributed by atoms with Gasteiger partial charge in [-0.2, -0.15) is 5.48 Å². The molecule has 0 saturated carbocycles. The fourth-order valence-corrected chi connectivity index (χ4v) is 1.75. The van der Waals surface area contributed by atoms with Crippen LogP contribution in [0.1, 0.15) is 31.9 Å². The lowest BCUT2D eigenvalue weighted by Gasteiger charge is -2.22. The van der Waals surface area contributed by atoms with Gasteiger partial charge >= 0.3 is 0 Å². The molecular weight excluding hydrogens is 226 g/mol. The lowest BCUT2D eigenvalue weighted by molar-refractivity contribution is 0.0861. The van der Waals surface area contributed by atoms with Crippen LogP contribution in [0.15, 0.2) is 12.1 Å². The molecule has 1 rings (SSSR count). The summed E-state index contributed by atoms with van der Waals surface area (Å²) in [6, 6.07) is 3.53. The minimum absolute atomic E-state index is 0.142. The van der Waals surface area contributed by atoms with E-state index in [0.29, 0.717) is 11.6 Å². The van der Waals surface area contributed by atoms with Gasteiger partial charge in [0.1, 0.15) is 5.75 Å². The van der Waals surface area contributed by atoms with Crippen molar-refractivity contribution in [1.82, 2.24) is 5.48 Å². The monoisotopic (exact) mass is 243 g/mol. The minimum atomic E-state index is -0.142. The van der Waals surface area contributed by atoms with Crippen LogP contribution in [0.3, 0.4) is 0 Å². The molecule has 0 amide bonds. The molecule has 0 bridgehead atoms. The highest BCUT2D eigenvalue weighted by atomic mass is 35.5. The predicted molar refractivity (Wildman–Crippen MR) is 65.7 cm³/mol. The van der Waals surface area contributed by atoms with Crippen LogP contribution >= 0.6 is 11.6 Å². The summed E-state index contributed by atoms with van der Waals surface area (Å²) in [7, 11) is 1.53. The highest BCUT2D eigenvalue weighted by Gasteiger charge is 2.20. The molecule has 0 heterocycles. The maximum atomic E-state index is 10.1. The van der Waals surface area contributed by atoms with E-state index in [9.17, 15) is 5.11 Å². The van der Waals surface area contributed by atoms with E-state index in [1.807, 2.05) is 20.8 Å². The molecule has 3 nitrogen and oxygen atoms in total. The van der Waals surface area contributed by atoms with Crippen molar-refractivity contribution in [3.05, 3.63) is 28.3 Å². The van der Waals surface area contributed by atoms with Crippen LogP contribution in [0.4, 0.5) is 0 Å². The normalized spacial score (nSPS) is 11.8. The van der Waals surface area contributed by atoms with Crippen molar-refractivity contribution in [2.45, 2.75) is 32.7 Å². The predicted octanol–water partition coefficient (Wildman–Crippen LogP) is 2.99. The van der Waals surface area contributed by atoms with E-state index in [1.165, 1.54) is 7.11 Å². The molecule has 0 aromatic heterocycles. The van der Waals surface area contributed by atoms with Gasteiger partial charge in [-0.3, -0.25) is 0 Å². The molecule has 0 fully saturated rings. The number of phenols is 1. The first-order chi connectivity index (χ1) is 7.36. The Morgan fingerprint density at radius 1 is 1.38 bits per heavy atom. The van der Waals surface area contributed by atoms with E-state index in [2.05, 4.69) is 5.48 Å². The zero-order valence-electron chi connectivity index (χ0n) is 10.1. The molecule has 1 aromatic carbocycles. The summed E-state index contributed by atoms with van der Waals surface area (Å²) in [4.78, 5) is 4.76. The summed E-state index contributed by atoms with van der Waals surface area (Å²) in [5, 5.41) is 10.7. The average Bonchev–Trinajstić information content (AvgIpc) is 2.17. The number of phenolic OH excluding ortho intramolecular Hbond substituents is 1. The van der Waals surface area contributed by atoms with Gasteiger partial charge in [0.2, 0.25) is 0 Å². The third kappa shape index (κ3) is 3.11. The topological polar surface area (TPSA) is 41.5 Å². The molecule has 0 saturated heterocycles. The van der Waals surface area contributed by atoms with E-state index in [0.717, 1.165) is 11.1 Å². The van der Waals surface area contributed by atoms with Crippen LogP contribution in [0.5, 0.6) is 5.75 Å². The van der Waals surface area contributed by atoms with Gasteiger partial charge in [0, 0.05) is 22.7 Å². The Balaban J connectivity index is 3.16. The van der Waals surface area contributed by atoms with E-state index in [4.69, 9.17) is 16.4 Å². The smallest absolute Gasteiger partial charge is 0.123 e. The lowest BCUT2D eigenvalue weighted by atomic mass is 9.85. The molecule has 0 atom stereocenters. The van der Waals surface area contributed by atoms with E-state index in [1.54, 1.807) is 12.1 Å². The standard InChI is InChI=1S/C12H18ClNO2/c1-12(2,3)10-6-9(13)5-8(11(10)15)7-14-16-4/h5-6,14-15H,7H2,1-4H3. The Morgan fingerprint density at radius 2 is 2.00 bits per heavy atom. The van der Waals surface area contributed by atoms with Crippen molar-refractivity contribution in [3.8, 4) is 5.75 Å². The van der Waals surface area contributed by atoms with Gasteiger partial charge in [0.25, 0.3) is 0 Å². The van der Waals surface area contributed by atoms with Gasteiger partial charge in [-0.1, -0.05) is 32.4 Å². The van der Waals surface area contributed by atoms with E-state index < -0.39 is 0 Å². The molecular formula is C12H18ClNO2. The van der Waals surface area contributed by atoms with Crippen molar-refractivity contribution >= 4 is 11.6 Å². The van der Waals surface area contributed by atoms with Crippen LogP contribution in [-0.2, 0) is 16.8 Å². The fraction of sp³-hybridized carbons (Fsp3) is 0.500. The molecule has 0 spiro atoms. The first-order valence-electron chi connectivity index (χ1n) is 5.14. The van der Waals surface area contributed by atoms with Crippen molar-refractivity contribution in [2.24, 2.45) is 0 Å². The summed E-state index contributed by atoms with van der Waals surface area (Å²) in [6.45, 7) is 6.52. The van der Waals surface area contributed by atoms with Crippen molar-refractivity contribution in [1.29, 1.82) is 0 Å². The Labute approximate surface area is 101 Å². The van der Waals surface area contributed by atoms with Crippen molar-refractivity contribution in [3.63, 3.8) is 0 Å². The first-order valence-corrected chi connectivity index (χ1v) is 5.51. The second kappa shape index (κ2) is 5.04. The van der Waals surface area contributed by atoms with Crippen LogP contribution < -0.4 is 5.48 Å². The Bertz CT molecular complexity index is 372. The Hall–Kier alpha value is -0.770. The van der Waals surface area contributed by atoms with E-state index in [-0.39, 0.29) is 11.2 Å². The third-order valence-corrected chi connectivity index (χ3v) is 2.59. The molecule has 1 aromatic rings. The molecule has 2 N–H and O–H groups in total. The highest BCUT2D eigenvalue weighted by molar-refractivity contribution is 6.30. The number of aromatic hydroxyl groups is 1. The maximum absolute atomic E-state index is 10.1. The van der Waals surface area contributed by atoms with Crippen LogP contribution in [0.2, 0.25) is 5.02 Å². The van der Waals surface area contributed by atoms with Gasteiger partial charge < -0.3 is 9.94 Å². The molecule has 4 heteroatoms. The summed E-state index contributed by atoms with van der Waals surface area (Å²) >= 11 is 6.03. The zero-order valence-corrected chi connectivity index (χ0v) is 10.9. The second-order valence-electron chi connectivity index (χ2n) is 4.74. The van der Waals surface area contributed by atoms with Gasteiger partial charge in [-0.05, 0) is 17.5 Å². The number of hydroxylamine groups is 1. The number of hydrogen-bond acceptors (Lipinski definition) is 3. The summed E-state index contributed by atoms with van der Waals surface area (Å²) < 4.78 is 0. The quantitative estimate of drug-likeness (QED) is 0.802. The Kier molecular flexibility index (Phi) is 4.19. The SMILES string of the molecule is CONCc1cc(Cl)cc(C(C)(C)C)c1O. The van der Waals surface area contributed by atoms with Crippen molar-refractivity contribution < 1.29 is 9.94 Å². The van der Waals surface area contributed by atoms with E-state index >= 15 is 0 Å². The molecule has 16 heavy (non-hydrogen) atoms. The van der Waals surface area contributed by atoms with Crippen LogP contribution in [0.25, 0.3) is 0 Å². The summed E-state index contributed by atoms with van der Waals surface area (Å²) in [6.07, 6.45) is 0. The number of rotatable bonds is 3. The number of nitrogens with one attached hydrogen (secondary N) is 1. The minimum Gasteiger partial charge on any atom is -0.507 e. The molecule has 0 aliphatic rings. The number of benzene rings is 1. The number of hydrogen-bond donors (Lipinski definition) is 2. The molecule has 90 valence electrons. The molecule has 0 unspecified atom stereocenters. The van der Waals surface area contributed by atoms with Gasteiger partial charge in [-0.15, -0.1) is 0 Å². The third-order valence-electron chi connectivity index (χ3n) is 2.37.